The van der Waals surface area contributed by atoms with Crippen molar-refractivity contribution in [2.24, 2.45) is 5.92 Å². The molecule has 0 bridgehead atoms. The molecule has 0 spiro atoms. The van der Waals surface area contributed by atoms with E-state index in [2.05, 4.69) is 5.32 Å². The maximum atomic E-state index is 12.0. The number of hydrogen-bond donors (Lipinski definition) is 1. The zero-order chi connectivity index (χ0) is 10.4. The van der Waals surface area contributed by atoms with Crippen LogP contribution in [0.5, 0.6) is 0 Å². The van der Waals surface area contributed by atoms with Crippen molar-refractivity contribution in [3.05, 3.63) is 0 Å². The molecule has 0 radical (unpaired) electrons. The van der Waals surface area contributed by atoms with Crippen molar-refractivity contribution in [3.63, 3.8) is 0 Å². The van der Waals surface area contributed by atoms with E-state index in [1.807, 2.05) is 6.92 Å². The fraction of sp³-hybridized carbons (Fsp3) is 1.00. The van der Waals surface area contributed by atoms with Crippen molar-refractivity contribution < 1.29 is 8.78 Å². The third-order valence-corrected chi connectivity index (χ3v) is 3.20. The molecule has 1 N–H and O–H groups in total. The van der Waals surface area contributed by atoms with Crippen LogP contribution in [-0.4, -0.2) is 19.0 Å². The molecular formula is C11H21F2N. The van der Waals surface area contributed by atoms with Gasteiger partial charge in [-0.05, 0) is 25.7 Å². The Labute approximate surface area is 85.3 Å². The van der Waals surface area contributed by atoms with Gasteiger partial charge in [0.15, 0.2) is 0 Å². The Kier molecular flexibility index (Phi) is 5.38. The molecule has 0 aromatic rings. The van der Waals surface area contributed by atoms with E-state index in [1.165, 1.54) is 38.5 Å². The van der Waals surface area contributed by atoms with Gasteiger partial charge in [0.25, 0.3) is 6.43 Å². The van der Waals surface area contributed by atoms with Crippen LogP contribution in [-0.2, 0) is 0 Å². The minimum atomic E-state index is -2.22. The molecule has 1 fully saturated rings. The molecule has 84 valence electrons. The summed E-state index contributed by atoms with van der Waals surface area (Å²) in [5, 5.41) is 2.93. The lowest BCUT2D eigenvalue weighted by Gasteiger charge is -2.23. The smallest absolute Gasteiger partial charge is 0.250 e. The zero-order valence-corrected chi connectivity index (χ0v) is 8.94. The summed E-state index contributed by atoms with van der Waals surface area (Å²) < 4.78 is 24.0. The lowest BCUT2D eigenvalue weighted by molar-refractivity contribution is 0.136. The average Bonchev–Trinajstić information content (AvgIpc) is 2.42. The van der Waals surface area contributed by atoms with E-state index >= 15 is 0 Å². The number of nitrogens with one attached hydrogen (secondary N) is 1. The summed E-state index contributed by atoms with van der Waals surface area (Å²) in [6.07, 6.45) is 5.37. The van der Waals surface area contributed by atoms with Crippen LogP contribution >= 0.6 is 0 Å². The molecule has 1 rings (SSSR count). The molecule has 1 saturated carbocycles. The van der Waals surface area contributed by atoms with Crippen LogP contribution in [0.1, 0.15) is 45.4 Å². The largest absolute Gasteiger partial charge is 0.309 e. The maximum absolute atomic E-state index is 12.0. The van der Waals surface area contributed by atoms with Crippen molar-refractivity contribution >= 4 is 0 Å². The Morgan fingerprint density at radius 1 is 1.14 bits per heavy atom. The van der Waals surface area contributed by atoms with Gasteiger partial charge >= 0.3 is 0 Å². The highest BCUT2D eigenvalue weighted by molar-refractivity contribution is 4.74. The summed E-state index contributed by atoms with van der Waals surface area (Å²) in [6, 6.07) is 0.252. The van der Waals surface area contributed by atoms with E-state index in [-0.39, 0.29) is 12.6 Å². The van der Waals surface area contributed by atoms with E-state index in [0.717, 1.165) is 0 Å². The molecule has 1 atom stereocenters. The van der Waals surface area contributed by atoms with Gasteiger partial charge in [-0.15, -0.1) is 0 Å². The van der Waals surface area contributed by atoms with Crippen molar-refractivity contribution in [3.8, 4) is 0 Å². The van der Waals surface area contributed by atoms with E-state index in [9.17, 15) is 8.78 Å². The van der Waals surface area contributed by atoms with Gasteiger partial charge in [0.1, 0.15) is 0 Å². The third kappa shape index (κ3) is 4.36. The molecule has 0 aromatic heterocycles. The summed E-state index contributed by atoms with van der Waals surface area (Å²) in [5.41, 5.74) is 0. The molecule has 1 aliphatic carbocycles. The molecule has 0 aliphatic heterocycles. The second kappa shape index (κ2) is 6.33. The van der Waals surface area contributed by atoms with Gasteiger partial charge in [0.2, 0.25) is 0 Å². The Morgan fingerprint density at radius 2 is 1.71 bits per heavy atom. The minimum absolute atomic E-state index is 0.155. The highest BCUT2D eigenvalue weighted by Gasteiger charge is 2.19. The van der Waals surface area contributed by atoms with E-state index in [1.54, 1.807) is 0 Å². The van der Waals surface area contributed by atoms with E-state index < -0.39 is 6.43 Å². The fourth-order valence-electron chi connectivity index (χ4n) is 2.25. The van der Waals surface area contributed by atoms with Gasteiger partial charge < -0.3 is 5.32 Å². The molecule has 1 aliphatic rings. The minimum Gasteiger partial charge on any atom is -0.309 e. The summed E-state index contributed by atoms with van der Waals surface area (Å²) in [4.78, 5) is 0. The Hall–Kier alpha value is -0.180. The second-order valence-corrected chi connectivity index (χ2v) is 4.34. The monoisotopic (exact) mass is 205 g/mol. The lowest BCUT2D eigenvalue weighted by Crippen LogP contribution is -2.36. The van der Waals surface area contributed by atoms with Gasteiger partial charge in [-0.25, -0.2) is 8.78 Å². The summed E-state index contributed by atoms with van der Waals surface area (Å²) in [6.45, 7) is 1.88. The van der Waals surface area contributed by atoms with Crippen LogP contribution in [0.3, 0.4) is 0 Å². The van der Waals surface area contributed by atoms with Crippen molar-refractivity contribution in [2.75, 3.05) is 6.54 Å². The Balaban J connectivity index is 2.23. The van der Waals surface area contributed by atoms with Crippen LogP contribution in [0.4, 0.5) is 8.78 Å². The maximum Gasteiger partial charge on any atom is 0.250 e. The first-order chi connectivity index (χ1) is 6.70. The van der Waals surface area contributed by atoms with Crippen LogP contribution in [0.25, 0.3) is 0 Å². The molecule has 0 unspecified atom stereocenters. The van der Waals surface area contributed by atoms with Gasteiger partial charge in [-0.2, -0.15) is 0 Å². The highest BCUT2D eigenvalue weighted by atomic mass is 19.3. The quantitative estimate of drug-likeness (QED) is 0.695. The molecule has 0 amide bonds. The standard InChI is InChI=1S/C11H21F2N/c1-9(14-8-11(12)13)10-6-4-2-3-5-7-10/h9-11,14H,2-8H2,1H3/t9-/m1/s1. The van der Waals surface area contributed by atoms with Gasteiger partial charge in [0.05, 0.1) is 6.54 Å². The van der Waals surface area contributed by atoms with Gasteiger partial charge in [-0.1, -0.05) is 25.7 Å². The zero-order valence-electron chi connectivity index (χ0n) is 8.94. The van der Waals surface area contributed by atoms with Gasteiger partial charge in [-0.3, -0.25) is 0 Å². The molecule has 1 nitrogen and oxygen atoms in total. The third-order valence-electron chi connectivity index (χ3n) is 3.20. The predicted molar refractivity (Wildman–Crippen MR) is 54.7 cm³/mol. The van der Waals surface area contributed by atoms with Crippen molar-refractivity contribution in [1.82, 2.24) is 5.32 Å². The second-order valence-electron chi connectivity index (χ2n) is 4.34. The Morgan fingerprint density at radius 3 is 2.21 bits per heavy atom. The molecule has 0 heterocycles. The molecule has 14 heavy (non-hydrogen) atoms. The molecule has 0 aromatic carbocycles. The first-order valence-electron chi connectivity index (χ1n) is 5.71. The van der Waals surface area contributed by atoms with Crippen LogP contribution in [0.2, 0.25) is 0 Å². The number of hydrogen-bond acceptors (Lipinski definition) is 1. The fourth-order valence-corrected chi connectivity index (χ4v) is 2.25. The SMILES string of the molecule is C[C@@H](NCC(F)F)C1CCCCCC1. The topological polar surface area (TPSA) is 12.0 Å². The highest BCUT2D eigenvalue weighted by Crippen LogP contribution is 2.25. The van der Waals surface area contributed by atoms with Crippen molar-refractivity contribution in [1.29, 1.82) is 0 Å². The summed E-state index contributed by atoms with van der Waals surface area (Å²) >= 11 is 0. The van der Waals surface area contributed by atoms with Crippen LogP contribution in [0.15, 0.2) is 0 Å². The van der Waals surface area contributed by atoms with Crippen LogP contribution < -0.4 is 5.32 Å². The summed E-state index contributed by atoms with van der Waals surface area (Å²) in [5.74, 6) is 0.608. The summed E-state index contributed by atoms with van der Waals surface area (Å²) in [7, 11) is 0. The normalized spacial score (nSPS) is 22.3. The first kappa shape index (κ1) is 11.9. The lowest BCUT2D eigenvalue weighted by atomic mass is 9.93. The van der Waals surface area contributed by atoms with Crippen molar-refractivity contribution in [2.45, 2.75) is 57.9 Å². The first-order valence-corrected chi connectivity index (χ1v) is 5.71. The predicted octanol–water partition coefficient (Wildman–Crippen LogP) is 3.20. The Bertz CT molecular complexity index is 142. The van der Waals surface area contributed by atoms with E-state index in [4.69, 9.17) is 0 Å². The number of alkyl halides is 2. The molecule has 0 saturated heterocycles. The van der Waals surface area contributed by atoms with Crippen LogP contribution in [0, 0.1) is 5.92 Å². The molecular weight excluding hydrogens is 184 g/mol. The number of halogens is 2. The number of rotatable bonds is 4. The average molecular weight is 205 g/mol. The van der Waals surface area contributed by atoms with E-state index in [0.29, 0.717) is 5.92 Å². The van der Waals surface area contributed by atoms with Gasteiger partial charge in [0, 0.05) is 6.04 Å². The molecule has 3 heteroatoms.